The molecule has 30 heavy (non-hydrogen) atoms. The number of amides is 2. The largest absolute Gasteiger partial charge is 0.497 e. The molecule has 0 aliphatic heterocycles. The normalized spacial score (nSPS) is 11.7. The molecular formula is C23H29ClN2O4. The van der Waals surface area contributed by atoms with Crippen molar-refractivity contribution in [1.29, 1.82) is 0 Å². The van der Waals surface area contributed by atoms with Crippen molar-refractivity contribution in [3.63, 3.8) is 0 Å². The Bertz CT molecular complexity index is 839. The third-order valence-electron chi connectivity index (χ3n) is 4.52. The average Bonchev–Trinajstić information content (AvgIpc) is 2.72. The number of para-hydroxylation sites is 1. The average molecular weight is 433 g/mol. The molecule has 0 aromatic heterocycles. The smallest absolute Gasteiger partial charge is 0.261 e. The van der Waals surface area contributed by atoms with E-state index in [0.29, 0.717) is 17.2 Å². The molecule has 2 aromatic carbocycles. The molecule has 0 heterocycles. The van der Waals surface area contributed by atoms with Gasteiger partial charge in [-0.3, -0.25) is 9.59 Å². The summed E-state index contributed by atoms with van der Waals surface area (Å²) in [6.45, 7) is 5.72. The molecule has 0 saturated heterocycles. The molecule has 0 radical (unpaired) electrons. The molecule has 0 aliphatic carbocycles. The van der Waals surface area contributed by atoms with Gasteiger partial charge in [0, 0.05) is 12.6 Å². The zero-order valence-electron chi connectivity index (χ0n) is 17.9. The molecule has 0 saturated carbocycles. The van der Waals surface area contributed by atoms with Gasteiger partial charge in [-0.1, -0.05) is 42.8 Å². The SMILES string of the molecule is CCC(C(=O)NC(C)C)N(Cc1ccc(OC)cc1)C(=O)COc1ccccc1Cl. The van der Waals surface area contributed by atoms with E-state index >= 15 is 0 Å². The monoisotopic (exact) mass is 432 g/mol. The lowest BCUT2D eigenvalue weighted by Crippen LogP contribution is -2.51. The summed E-state index contributed by atoms with van der Waals surface area (Å²) in [7, 11) is 1.60. The zero-order valence-corrected chi connectivity index (χ0v) is 18.6. The van der Waals surface area contributed by atoms with Crippen molar-refractivity contribution in [2.75, 3.05) is 13.7 Å². The van der Waals surface area contributed by atoms with Gasteiger partial charge in [-0.15, -0.1) is 0 Å². The van der Waals surface area contributed by atoms with Gasteiger partial charge < -0.3 is 19.7 Å². The van der Waals surface area contributed by atoms with E-state index in [9.17, 15) is 9.59 Å². The molecule has 0 bridgehead atoms. The lowest BCUT2D eigenvalue weighted by atomic mass is 10.1. The van der Waals surface area contributed by atoms with Crippen LogP contribution in [-0.4, -0.2) is 42.5 Å². The van der Waals surface area contributed by atoms with Crippen molar-refractivity contribution in [2.45, 2.75) is 45.8 Å². The molecular weight excluding hydrogens is 404 g/mol. The summed E-state index contributed by atoms with van der Waals surface area (Å²) in [6, 6.07) is 13.7. The number of hydrogen-bond donors (Lipinski definition) is 1. The van der Waals surface area contributed by atoms with Crippen LogP contribution in [0, 0.1) is 0 Å². The minimum absolute atomic E-state index is 0.0242. The summed E-state index contributed by atoms with van der Waals surface area (Å²) in [6.07, 6.45) is 0.479. The van der Waals surface area contributed by atoms with Gasteiger partial charge in [0.05, 0.1) is 12.1 Å². The number of nitrogens with one attached hydrogen (secondary N) is 1. The highest BCUT2D eigenvalue weighted by atomic mass is 35.5. The number of hydrogen-bond acceptors (Lipinski definition) is 4. The van der Waals surface area contributed by atoms with Crippen LogP contribution in [0.25, 0.3) is 0 Å². The highest BCUT2D eigenvalue weighted by Gasteiger charge is 2.29. The first kappa shape index (κ1) is 23.5. The Kier molecular flexibility index (Phi) is 8.99. The van der Waals surface area contributed by atoms with E-state index in [1.807, 2.05) is 45.0 Å². The molecule has 2 rings (SSSR count). The predicted molar refractivity (Wildman–Crippen MR) is 118 cm³/mol. The molecule has 7 heteroatoms. The van der Waals surface area contributed by atoms with Crippen LogP contribution < -0.4 is 14.8 Å². The fourth-order valence-electron chi connectivity index (χ4n) is 3.01. The fraction of sp³-hybridized carbons (Fsp3) is 0.391. The molecule has 2 amide bonds. The molecule has 162 valence electrons. The Hall–Kier alpha value is -2.73. The molecule has 1 atom stereocenters. The molecule has 0 fully saturated rings. The lowest BCUT2D eigenvalue weighted by molar-refractivity contribution is -0.143. The summed E-state index contributed by atoms with van der Waals surface area (Å²) in [5.41, 5.74) is 0.887. The first-order chi connectivity index (χ1) is 14.3. The van der Waals surface area contributed by atoms with E-state index in [1.165, 1.54) is 0 Å². The number of ether oxygens (including phenoxy) is 2. The van der Waals surface area contributed by atoms with Gasteiger partial charge in [-0.25, -0.2) is 0 Å². The number of benzene rings is 2. The fourth-order valence-corrected chi connectivity index (χ4v) is 3.20. The third kappa shape index (κ3) is 6.66. The lowest BCUT2D eigenvalue weighted by Gasteiger charge is -2.31. The van der Waals surface area contributed by atoms with Gasteiger partial charge in [0.25, 0.3) is 5.91 Å². The van der Waals surface area contributed by atoms with Crippen molar-refractivity contribution in [2.24, 2.45) is 0 Å². The predicted octanol–water partition coefficient (Wildman–Crippen LogP) is 4.06. The minimum Gasteiger partial charge on any atom is -0.497 e. The van der Waals surface area contributed by atoms with Crippen LogP contribution in [0.4, 0.5) is 0 Å². The maximum Gasteiger partial charge on any atom is 0.261 e. The summed E-state index contributed by atoms with van der Waals surface area (Å²) < 4.78 is 10.8. The Morgan fingerprint density at radius 2 is 1.77 bits per heavy atom. The molecule has 1 unspecified atom stereocenters. The Morgan fingerprint density at radius 3 is 2.33 bits per heavy atom. The standard InChI is InChI=1S/C23H29ClN2O4/c1-5-20(23(28)25-16(2)3)26(14-17-10-12-18(29-4)13-11-17)22(27)15-30-21-9-7-6-8-19(21)24/h6-13,16,20H,5,14-15H2,1-4H3,(H,25,28). The van der Waals surface area contributed by atoms with Crippen LogP contribution in [-0.2, 0) is 16.1 Å². The third-order valence-corrected chi connectivity index (χ3v) is 4.83. The van der Waals surface area contributed by atoms with Crippen LogP contribution in [0.5, 0.6) is 11.5 Å². The number of halogens is 1. The first-order valence-corrected chi connectivity index (χ1v) is 10.3. The Morgan fingerprint density at radius 1 is 1.10 bits per heavy atom. The van der Waals surface area contributed by atoms with Gasteiger partial charge in [0.1, 0.15) is 17.5 Å². The number of carbonyl (C=O) groups excluding carboxylic acids is 2. The number of nitrogens with zero attached hydrogens (tertiary/aromatic N) is 1. The van der Waals surface area contributed by atoms with Gasteiger partial charge in [0.2, 0.25) is 5.91 Å². The van der Waals surface area contributed by atoms with E-state index < -0.39 is 6.04 Å². The second-order valence-electron chi connectivity index (χ2n) is 7.18. The van der Waals surface area contributed by atoms with Crippen LogP contribution >= 0.6 is 11.6 Å². The van der Waals surface area contributed by atoms with Crippen LogP contribution in [0.15, 0.2) is 48.5 Å². The van der Waals surface area contributed by atoms with E-state index in [0.717, 1.165) is 11.3 Å². The van der Waals surface area contributed by atoms with Crippen molar-refractivity contribution in [3.8, 4) is 11.5 Å². The molecule has 1 N–H and O–H groups in total. The zero-order chi connectivity index (χ0) is 22.1. The van der Waals surface area contributed by atoms with Gasteiger partial charge in [0.15, 0.2) is 6.61 Å². The van der Waals surface area contributed by atoms with Crippen molar-refractivity contribution in [3.05, 3.63) is 59.1 Å². The number of methoxy groups -OCH3 is 1. The van der Waals surface area contributed by atoms with Crippen molar-refractivity contribution < 1.29 is 19.1 Å². The maximum absolute atomic E-state index is 13.1. The Labute approximate surface area is 183 Å². The first-order valence-electron chi connectivity index (χ1n) is 9.95. The summed E-state index contributed by atoms with van der Waals surface area (Å²) in [5.74, 6) is 0.670. The van der Waals surface area contributed by atoms with Gasteiger partial charge in [-0.05, 0) is 50.1 Å². The van der Waals surface area contributed by atoms with E-state index in [-0.39, 0.29) is 31.0 Å². The van der Waals surface area contributed by atoms with Gasteiger partial charge >= 0.3 is 0 Å². The number of rotatable bonds is 10. The van der Waals surface area contributed by atoms with Gasteiger partial charge in [-0.2, -0.15) is 0 Å². The second-order valence-corrected chi connectivity index (χ2v) is 7.58. The Balaban J connectivity index is 2.22. The molecule has 2 aromatic rings. The summed E-state index contributed by atoms with van der Waals surface area (Å²) in [5, 5.41) is 3.33. The molecule has 0 aliphatic rings. The van der Waals surface area contributed by atoms with E-state index in [4.69, 9.17) is 21.1 Å². The highest BCUT2D eigenvalue weighted by Crippen LogP contribution is 2.23. The van der Waals surface area contributed by atoms with E-state index in [1.54, 1.807) is 36.3 Å². The van der Waals surface area contributed by atoms with Crippen LogP contribution in [0.3, 0.4) is 0 Å². The van der Waals surface area contributed by atoms with Crippen molar-refractivity contribution in [1.82, 2.24) is 10.2 Å². The van der Waals surface area contributed by atoms with Crippen molar-refractivity contribution >= 4 is 23.4 Å². The topological polar surface area (TPSA) is 67.9 Å². The summed E-state index contributed by atoms with van der Waals surface area (Å²) >= 11 is 6.12. The van der Waals surface area contributed by atoms with Crippen LogP contribution in [0.1, 0.15) is 32.8 Å². The maximum atomic E-state index is 13.1. The van der Waals surface area contributed by atoms with Crippen LogP contribution in [0.2, 0.25) is 5.02 Å². The minimum atomic E-state index is -0.614. The molecule has 0 spiro atoms. The quantitative estimate of drug-likeness (QED) is 0.614. The summed E-state index contributed by atoms with van der Waals surface area (Å²) in [4.78, 5) is 27.4. The highest BCUT2D eigenvalue weighted by molar-refractivity contribution is 6.32. The van der Waals surface area contributed by atoms with E-state index in [2.05, 4.69) is 5.32 Å². The molecule has 6 nitrogen and oxygen atoms in total. The second kappa shape index (κ2) is 11.5. The number of carbonyl (C=O) groups is 2.